The van der Waals surface area contributed by atoms with Crippen LogP contribution in [0.4, 0.5) is 5.69 Å². The number of aromatic nitrogens is 1. The predicted molar refractivity (Wildman–Crippen MR) is 82.0 cm³/mol. The Kier molecular flexibility index (Phi) is 3.78. The van der Waals surface area contributed by atoms with Gasteiger partial charge in [0.1, 0.15) is 0 Å². The second kappa shape index (κ2) is 5.72. The molecule has 0 aliphatic heterocycles. The molecule has 1 fully saturated rings. The number of anilines is 1. The molecule has 21 heavy (non-hydrogen) atoms. The lowest BCUT2D eigenvalue weighted by atomic mass is 9.83. The Labute approximate surface area is 124 Å². The summed E-state index contributed by atoms with van der Waals surface area (Å²) in [6.07, 6.45) is 4.26. The van der Waals surface area contributed by atoms with E-state index in [2.05, 4.69) is 10.5 Å². The molecule has 1 aliphatic carbocycles. The standard InChI is InChI=1S/C17H20N2O2/c1-11-12(2)19-21-17(11)14-7-4-8-15(10-14)18-16(20)9-13-5-3-6-13/h4,7-8,10,13H,3,5-6,9H2,1-2H3,(H,18,20). The molecule has 0 radical (unpaired) electrons. The van der Waals surface area contributed by atoms with Gasteiger partial charge in [-0.1, -0.05) is 23.7 Å². The highest BCUT2D eigenvalue weighted by molar-refractivity contribution is 5.91. The maximum Gasteiger partial charge on any atom is 0.224 e. The molecule has 1 heterocycles. The zero-order chi connectivity index (χ0) is 14.8. The number of nitrogens with one attached hydrogen (secondary N) is 1. The number of hydrogen-bond acceptors (Lipinski definition) is 3. The van der Waals surface area contributed by atoms with Crippen LogP contribution in [0.2, 0.25) is 0 Å². The molecule has 0 spiro atoms. The first kappa shape index (κ1) is 13.9. The minimum Gasteiger partial charge on any atom is -0.356 e. The molecule has 4 heteroatoms. The van der Waals surface area contributed by atoms with Gasteiger partial charge in [-0.15, -0.1) is 0 Å². The highest BCUT2D eigenvalue weighted by Crippen LogP contribution is 2.30. The van der Waals surface area contributed by atoms with E-state index in [4.69, 9.17) is 4.52 Å². The highest BCUT2D eigenvalue weighted by Gasteiger charge is 2.20. The Balaban J connectivity index is 1.73. The van der Waals surface area contributed by atoms with Gasteiger partial charge in [0, 0.05) is 23.2 Å². The van der Waals surface area contributed by atoms with Crippen LogP contribution in [-0.2, 0) is 4.79 Å². The van der Waals surface area contributed by atoms with Crippen LogP contribution in [0, 0.1) is 19.8 Å². The molecule has 3 rings (SSSR count). The zero-order valence-electron chi connectivity index (χ0n) is 12.5. The Morgan fingerprint density at radius 3 is 2.81 bits per heavy atom. The van der Waals surface area contributed by atoms with Crippen LogP contribution in [-0.4, -0.2) is 11.1 Å². The number of rotatable bonds is 4. The van der Waals surface area contributed by atoms with Crippen LogP contribution in [0.25, 0.3) is 11.3 Å². The van der Waals surface area contributed by atoms with Gasteiger partial charge in [-0.3, -0.25) is 4.79 Å². The van der Waals surface area contributed by atoms with Crippen molar-refractivity contribution in [3.05, 3.63) is 35.5 Å². The number of carbonyl (C=O) groups excluding carboxylic acids is 1. The first-order chi connectivity index (χ1) is 10.1. The Hall–Kier alpha value is -2.10. The molecule has 1 aromatic carbocycles. The van der Waals surface area contributed by atoms with E-state index in [1.54, 1.807) is 0 Å². The average molecular weight is 284 g/mol. The SMILES string of the molecule is Cc1noc(-c2cccc(NC(=O)CC3CCC3)c2)c1C. The van der Waals surface area contributed by atoms with Gasteiger partial charge < -0.3 is 9.84 Å². The number of nitrogens with zero attached hydrogens (tertiary/aromatic N) is 1. The topological polar surface area (TPSA) is 55.1 Å². The van der Waals surface area contributed by atoms with Crippen molar-refractivity contribution in [1.82, 2.24) is 5.16 Å². The normalized spacial score (nSPS) is 14.8. The van der Waals surface area contributed by atoms with Gasteiger partial charge in [-0.2, -0.15) is 0 Å². The van der Waals surface area contributed by atoms with E-state index in [0.29, 0.717) is 12.3 Å². The Bertz CT molecular complexity index is 657. The summed E-state index contributed by atoms with van der Waals surface area (Å²) in [5.74, 6) is 1.44. The van der Waals surface area contributed by atoms with E-state index in [1.807, 2.05) is 38.1 Å². The molecule has 1 saturated carbocycles. The second-order valence-electron chi connectivity index (χ2n) is 5.85. The number of amides is 1. The summed E-state index contributed by atoms with van der Waals surface area (Å²) in [6, 6.07) is 7.73. The number of carbonyl (C=O) groups is 1. The maximum atomic E-state index is 12.0. The molecule has 4 nitrogen and oxygen atoms in total. The molecular weight excluding hydrogens is 264 g/mol. The van der Waals surface area contributed by atoms with E-state index in [-0.39, 0.29) is 5.91 Å². The summed E-state index contributed by atoms with van der Waals surface area (Å²) in [5, 5.41) is 6.96. The largest absolute Gasteiger partial charge is 0.356 e. The van der Waals surface area contributed by atoms with E-state index >= 15 is 0 Å². The quantitative estimate of drug-likeness (QED) is 0.920. The predicted octanol–water partition coefficient (Wildman–Crippen LogP) is 4.09. The average Bonchev–Trinajstić information content (AvgIpc) is 2.75. The van der Waals surface area contributed by atoms with Crippen LogP contribution >= 0.6 is 0 Å². The maximum absolute atomic E-state index is 12.0. The third-order valence-electron chi connectivity index (χ3n) is 4.26. The van der Waals surface area contributed by atoms with Crippen molar-refractivity contribution >= 4 is 11.6 Å². The number of benzene rings is 1. The minimum absolute atomic E-state index is 0.0994. The number of aryl methyl sites for hydroxylation is 1. The molecule has 0 unspecified atom stereocenters. The van der Waals surface area contributed by atoms with Crippen LogP contribution in [0.1, 0.15) is 36.9 Å². The Morgan fingerprint density at radius 1 is 1.38 bits per heavy atom. The summed E-state index contributed by atoms with van der Waals surface area (Å²) >= 11 is 0. The summed E-state index contributed by atoms with van der Waals surface area (Å²) in [6.45, 7) is 3.91. The molecule has 1 amide bonds. The van der Waals surface area contributed by atoms with Gasteiger partial charge in [-0.05, 0) is 44.7 Å². The highest BCUT2D eigenvalue weighted by atomic mass is 16.5. The molecule has 1 N–H and O–H groups in total. The fourth-order valence-corrected chi connectivity index (χ4v) is 2.59. The molecule has 0 bridgehead atoms. The minimum atomic E-state index is 0.0994. The van der Waals surface area contributed by atoms with Crippen molar-refractivity contribution in [2.24, 2.45) is 5.92 Å². The lowest BCUT2D eigenvalue weighted by Crippen LogP contribution is -2.20. The lowest BCUT2D eigenvalue weighted by molar-refractivity contribution is -0.117. The zero-order valence-corrected chi connectivity index (χ0v) is 12.5. The Morgan fingerprint density at radius 2 is 2.19 bits per heavy atom. The molecule has 0 saturated heterocycles. The van der Waals surface area contributed by atoms with E-state index in [1.165, 1.54) is 19.3 Å². The van der Waals surface area contributed by atoms with Gasteiger partial charge in [0.2, 0.25) is 5.91 Å². The van der Waals surface area contributed by atoms with Crippen molar-refractivity contribution < 1.29 is 9.32 Å². The van der Waals surface area contributed by atoms with Gasteiger partial charge in [0.15, 0.2) is 5.76 Å². The summed E-state index contributed by atoms with van der Waals surface area (Å²) < 4.78 is 5.37. The first-order valence-electron chi connectivity index (χ1n) is 7.46. The van der Waals surface area contributed by atoms with Crippen LogP contribution in [0.15, 0.2) is 28.8 Å². The monoisotopic (exact) mass is 284 g/mol. The van der Waals surface area contributed by atoms with Crippen molar-refractivity contribution in [3.63, 3.8) is 0 Å². The van der Waals surface area contributed by atoms with Crippen molar-refractivity contribution in [1.29, 1.82) is 0 Å². The molecule has 0 atom stereocenters. The van der Waals surface area contributed by atoms with Crippen LogP contribution < -0.4 is 5.32 Å². The summed E-state index contributed by atoms with van der Waals surface area (Å²) in [4.78, 5) is 12.0. The van der Waals surface area contributed by atoms with E-state index < -0.39 is 0 Å². The van der Waals surface area contributed by atoms with Crippen LogP contribution in [0.5, 0.6) is 0 Å². The molecule has 110 valence electrons. The van der Waals surface area contributed by atoms with Gasteiger partial charge >= 0.3 is 0 Å². The van der Waals surface area contributed by atoms with Gasteiger partial charge in [0.25, 0.3) is 0 Å². The molecule has 2 aromatic rings. The van der Waals surface area contributed by atoms with Gasteiger partial charge in [0.05, 0.1) is 5.69 Å². The first-order valence-corrected chi connectivity index (χ1v) is 7.46. The fourth-order valence-electron chi connectivity index (χ4n) is 2.59. The van der Waals surface area contributed by atoms with Gasteiger partial charge in [-0.25, -0.2) is 0 Å². The second-order valence-corrected chi connectivity index (χ2v) is 5.85. The molecule has 1 aliphatic rings. The summed E-state index contributed by atoms with van der Waals surface area (Å²) in [7, 11) is 0. The summed E-state index contributed by atoms with van der Waals surface area (Å²) in [5.41, 5.74) is 3.68. The van der Waals surface area contributed by atoms with Crippen molar-refractivity contribution in [3.8, 4) is 11.3 Å². The number of hydrogen-bond donors (Lipinski definition) is 1. The smallest absolute Gasteiger partial charge is 0.224 e. The van der Waals surface area contributed by atoms with Crippen molar-refractivity contribution in [2.45, 2.75) is 39.5 Å². The molecule has 1 aromatic heterocycles. The lowest BCUT2D eigenvalue weighted by Gasteiger charge is -2.24. The molecular formula is C17H20N2O2. The third-order valence-corrected chi connectivity index (χ3v) is 4.26. The van der Waals surface area contributed by atoms with Crippen molar-refractivity contribution in [2.75, 3.05) is 5.32 Å². The van der Waals surface area contributed by atoms with Crippen LogP contribution in [0.3, 0.4) is 0 Å². The third kappa shape index (κ3) is 2.99. The van der Waals surface area contributed by atoms with E-state index in [9.17, 15) is 4.79 Å². The fraction of sp³-hybridized carbons (Fsp3) is 0.412. The van der Waals surface area contributed by atoms with E-state index in [0.717, 1.165) is 28.3 Å².